The van der Waals surface area contributed by atoms with Gasteiger partial charge in [0.25, 0.3) is 0 Å². The topological polar surface area (TPSA) is 58.1 Å². The summed E-state index contributed by atoms with van der Waals surface area (Å²) < 4.78 is 0. The van der Waals surface area contributed by atoms with Gasteiger partial charge in [0, 0.05) is 25.0 Å². The maximum atomic E-state index is 12.4. The monoisotopic (exact) mass is 308 g/mol. The number of anilines is 1. The first-order chi connectivity index (χ1) is 10.2. The number of carbonyl (C=O) groups excluding carboxylic acids is 1. The molecule has 2 heterocycles. The van der Waals surface area contributed by atoms with Crippen LogP contribution < -0.4 is 5.32 Å². The van der Waals surface area contributed by atoms with Gasteiger partial charge in [0.2, 0.25) is 11.9 Å². The summed E-state index contributed by atoms with van der Waals surface area (Å²) in [6, 6.07) is 0.332. The summed E-state index contributed by atoms with van der Waals surface area (Å²) in [5.74, 6) is 1.27. The number of halogens is 1. The quantitative estimate of drug-likeness (QED) is 0.933. The summed E-state index contributed by atoms with van der Waals surface area (Å²) in [6.45, 7) is 1.67. The molecule has 1 aromatic rings. The molecule has 2 aliphatic rings. The Labute approximate surface area is 130 Å². The molecule has 3 rings (SSSR count). The first-order valence-corrected chi connectivity index (χ1v) is 8.13. The fraction of sp³-hybridized carbons (Fsp3) is 0.667. The molecule has 1 N–H and O–H groups in total. The van der Waals surface area contributed by atoms with Crippen molar-refractivity contribution in [3.8, 4) is 0 Å². The van der Waals surface area contributed by atoms with E-state index in [0.717, 1.165) is 38.8 Å². The van der Waals surface area contributed by atoms with Crippen LogP contribution in [-0.2, 0) is 4.79 Å². The molecule has 2 fully saturated rings. The van der Waals surface area contributed by atoms with Gasteiger partial charge in [0.15, 0.2) is 0 Å². The average molecular weight is 309 g/mol. The molecule has 5 nitrogen and oxygen atoms in total. The van der Waals surface area contributed by atoms with Gasteiger partial charge in [0.1, 0.15) is 0 Å². The minimum atomic E-state index is 0.286. The van der Waals surface area contributed by atoms with Crippen LogP contribution in [0.2, 0.25) is 5.02 Å². The number of aromatic nitrogens is 2. The molecule has 1 amide bonds. The van der Waals surface area contributed by atoms with Gasteiger partial charge in [0.05, 0.1) is 17.4 Å². The maximum absolute atomic E-state index is 12.4. The minimum absolute atomic E-state index is 0.286. The lowest BCUT2D eigenvalue weighted by atomic mass is 10.0. The Morgan fingerprint density at radius 2 is 1.76 bits per heavy atom. The van der Waals surface area contributed by atoms with Gasteiger partial charge in [-0.2, -0.15) is 0 Å². The van der Waals surface area contributed by atoms with E-state index < -0.39 is 0 Å². The highest BCUT2D eigenvalue weighted by Crippen LogP contribution is 2.27. The summed E-state index contributed by atoms with van der Waals surface area (Å²) in [6.07, 6.45) is 9.66. The number of rotatable bonds is 3. The van der Waals surface area contributed by atoms with E-state index in [9.17, 15) is 4.79 Å². The van der Waals surface area contributed by atoms with Crippen LogP contribution >= 0.6 is 11.6 Å². The van der Waals surface area contributed by atoms with Crippen molar-refractivity contribution in [2.45, 2.75) is 44.6 Å². The van der Waals surface area contributed by atoms with Crippen molar-refractivity contribution >= 4 is 23.5 Å². The standard InChI is InChI=1S/C15H21ClN4O/c16-12-9-17-15(18-10-12)19-13-5-7-20(8-6-13)14(21)11-3-1-2-4-11/h9-11,13H,1-8H2,(H,17,18,19). The zero-order valence-corrected chi connectivity index (χ0v) is 12.9. The highest BCUT2D eigenvalue weighted by atomic mass is 35.5. The zero-order chi connectivity index (χ0) is 14.7. The molecule has 114 valence electrons. The third kappa shape index (κ3) is 3.64. The molecule has 21 heavy (non-hydrogen) atoms. The van der Waals surface area contributed by atoms with Crippen LogP contribution in [0.3, 0.4) is 0 Å². The number of piperidine rings is 1. The van der Waals surface area contributed by atoms with Gasteiger partial charge in [-0.15, -0.1) is 0 Å². The van der Waals surface area contributed by atoms with E-state index in [0.29, 0.717) is 22.9 Å². The van der Waals surface area contributed by atoms with E-state index in [1.807, 2.05) is 4.90 Å². The molecule has 0 atom stereocenters. The van der Waals surface area contributed by atoms with Crippen molar-refractivity contribution in [3.05, 3.63) is 17.4 Å². The number of hydrogen-bond donors (Lipinski definition) is 1. The maximum Gasteiger partial charge on any atom is 0.225 e. The normalized spacial score (nSPS) is 20.7. The third-order valence-electron chi connectivity index (χ3n) is 4.46. The Hall–Kier alpha value is -1.36. The molecule has 0 unspecified atom stereocenters. The zero-order valence-electron chi connectivity index (χ0n) is 12.1. The van der Waals surface area contributed by atoms with E-state index in [4.69, 9.17) is 11.6 Å². The Morgan fingerprint density at radius 3 is 2.38 bits per heavy atom. The van der Waals surface area contributed by atoms with Crippen LogP contribution in [0.25, 0.3) is 0 Å². The second-order valence-electron chi connectivity index (χ2n) is 5.95. The van der Waals surface area contributed by atoms with E-state index in [2.05, 4.69) is 15.3 Å². The number of carbonyl (C=O) groups is 1. The SMILES string of the molecule is O=C(C1CCCC1)N1CCC(Nc2ncc(Cl)cn2)CC1. The van der Waals surface area contributed by atoms with E-state index >= 15 is 0 Å². The predicted octanol–water partition coefficient (Wildman–Crippen LogP) is 2.72. The van der Waals surface area contributed by atoms with Crippen LogP contribution in [0.4, 0.5) is 5.95 Å². The van der Waals surface area contributed by atoms with Crippen LogP contribution in [0.5, 0.6) is 0 Å². The van der Waals surface area contributed by atoms with Crippen molar-refractivity contribution in [3.63, 3.8) is 0 Å². The van der Waals surface area contributed by atoms with Crippen LogP contribution in [0.15, 0.2) is 12.4 Å². The smallest absolute Gasteiger partial charge is 0.225 e. The van der Waals surface area contributed by atoms with Gasteiger partial charge in [-0.25, -0.2) is 9.97 Å². The molecule has 0 radical (unpaired) electrons. The number of nitrogens with one attached hydrogen (secondary N) is 1. The molecule has 0 aromatic carbocycles. The summed E-state index contributed by atoms with van der Waals surface area (Å²) in [4.78, 5) is 22.7. The lowest BCUT2D eigenvalue weighted by molar-refractivity contribution is -0.136. The average Bonchev–Trinajstić information content (AvgIpc) is 3.04. The summed E-state index contributed by atoms with van der Waals surface area (Å²) >= 11 is 5.77. The summed E-state index contributed by atoms with van der Waals surface area (Å²) in [5.41, 5.74) is 0. The van der Waals surface area contributed by atoms with Gasteiger partial charge in [-0.1, -0.05) is 24.4 Å². The van der Waals surface area contributed by atoms with Crippen LogP contribution in [-0.4, -0.2) is 39.9 Å². The fourth-order valence-corrected chi connectivity index (χ4v) is 3.34. The molecule has 1 aromatic heterocycles. The first kappa shape index (κ1) is 14.6. The Morgan fingerprint density at radius 1 is 1.14 bits per heavy atom. The van der Waals surface area contributed by atoms with Crippen molar-refractivity contribution < 1.29 is 4.79 Å². The Balaban J connectivity index is 1.48. The molecular weight excluding hydrogens is 288 g/mol. The van der Waals surface area contributed by atoms with Gasteiger partial charge in [-0.05, 0) is 25.7 Å². The lowest BCUT2D eigenvalue weighted by Crippen LogP contribution is -2.44. The second kappa shape index (κ2) is 6.60. The van der Waals surface area contributed by atoms with Gasteiger partial charge >= 0.3 is 0 Å². The molecular formula is C15H21ClN4O. The van der Waals surface area contributed by atoms with E-state index in [1.54, 1.807) is 12.4 Å². The largest absolute Gasteiger partial charge is 0.351 e. The van der Waals surface area contributed by atoms with Crippen LogP contribution in [0, 0.1) is 5.92 Å². The fourth-order valence-electron chi connectivity index (χ4n) is 3.24. The molecule has 6 heteroatoms. The predicted molar refractivity (Wildman–Crippen MR) is 82.2 cm³/mol. The minimum Gasteiger partial charge on any atom is -0.351 e. The van der Waals surface area contributed by atoms with Gasteiger partial charge in [-0.3, -0.25) is 4.79 Å². The lowest BCUT2D eigenvalue weighted by Gasteiger charge is -2.33. The van der Waals surface area contributed by atoms with Crippen molar-refractivity contribution in [2.75, 3.05) is 18.4 Å². The third-order valence-corrected chi connectivity index (χ3v) is 4.66. The highest BCUT2D eigenvalue weighted by molar-refractivity contribution is 6.30. The van der Waals surface area contributed by atoms with Crippen molar-refractivity contribution in [1.82, 2.24) is 14.9 Å². The molecule has 1 saturated carbocycles. The van der Waals surface area contributed by atoms with Crippen molar-refractivity contribution in [2.24, 2.45) is 5.92 Å². The number of likely N-dealkylation sites (tertiary alicyclic amines) is 1. The molecule has 0 spiro atoms. The van der Waals surface area contributed by atoms with E-state index in [1.165, 1.54) is 12.8 Å². The van der Waals surface area contributed by atoms with Crippen LogP contribution in [0.1, 0.15) is 38.5 Å². The number of nitrogens with zero attached hydrogens (tertiary/aromatic N) is 3. The second-order valence-corrected chi connectivity index (χ2v) is 6.39. The Kier molecular flexibility index (Phi) is 4.58. The first-order valence-electron chi connectivity index (χ1n) is 7.75. The van der Waals surface area contributed by atoms with E-state index in [-0.39, 0.29) is 5.92 Å². The summed E-state index contributed by atoms with van der Waals surface area (Å²) in [5, 5.41) is 3.86. The highest BCUT2D eigenvalue weighted by Gasteiger charge is 2.30. The number of amides is 1. The molecule has 1 saturated heterocycles. The van der Waals surface area contributed by atoms with Gasteiger partial charge < -0.3 is 10.2 Å². The molecule has 1 aliphatic carbocycles. The Bertz CT molecular complexity index is 479. The molecule has 0 bridgehead atoms. The number of hydrogen-bond acceptors (Lipinski definition) is 4. The molecule has 1 aliphatic heterocycles. The van der Waals surface area contributed by atoms with Crippen molar-refractivity contribution in [1.29, 1.82) is 0 Å². The summed E-state index contributed by atoms with van der Waals surface area (Å²) in [7, 11) is 0.